The fraction of sp³-hybridized carbons (Fsp3) is 0.345. The number of ether oxygens (including phenoxy) is 1. The van der Waals surface area contributed by atoms with Crippen LogP contribution in [0.1, 0.15) is 61.6 Å². The van der Waals surface area contributed by atoms with Crippen LogP contribution in [0.25, 0.3) is 16.7 Å². The number of pyridine rings is 2. The third kappa shape index (κ3) is 5.42. The molecule has 0 bridgehead atoms. The standard InChI is InChI=1S/C29H31FN10O2/c1-17-11-24(39-38-17)36-23-12-20-5-4-10-31-26(20)27(37-23)19-6-8-29(42-3,9-7-19)28(41)35-18(2)22-14-33-25(15-32-22)40-16-21(30)13-34-40/h4-5,10-16,18-19H,6-9H2,1-3H3,(H,35,41)(H2,36,37,38,39)/t18-,19-,29+/m0/s1. The van der Waals surface area contributed by atoms with Gasteiger partial charge in [0.25, 0.3) is 5.91 Å². The summed E-state index contributed by atoms with van der Waals surface area (Å²) in [4.78, 5) is 31.9. The van der Waals surface area contributed by atoms with Gasteiger partial charge in [0, 0.05) is 36.4 Å². The Hall–Kier alpha value is -4.78. The summed E-state index contributed by atoms with van der Waals surface area (Å²) in [6, 6.07) is 7.40. The zero-order valence-corrected chi connectivity index (χ0v) is 23.5. The number of aromatic nitrogens is 8. The van der Waals surface area contributed by atoms with E-state index >= 15 is 0 Å². The van der Waals surface area contributed by atoms with Gasteiger partial charge < -0.3 is 15.4 Å². The Morgan fingerprint density at radius 3 is 2.67 bits per heavy atom. The van der Waals surface area contributed by atoms with Gasteiger partial charge in [-0.1, -0.05) is 6.07 Å². The molecule has 3 N–H and O–H groups in total. The number of fused-ring (bicyclic) bond motifs is 1. The summed E-state index contributed by atoms with van der Waals surface area (Å²) in [6.07, 6.45) is 9.58. The maximum Gasteiger partial charge on any atom is 0.252 e. The molecule has 5 aromatic heterocycles. The first-order chi connectivity index (χ1) is 20.3. The molecule has 13 heteroatoms. The van der Waals surface area contributed by atoms with Crippen LogP contribution in [0.5, 0.6) is 0 Å². The highest BCUT2D eigenvalue weighted by molar-refractivity contribution is 5.86. The highest BCUT2D eigenvalue weighted by Crippen LogP contribution is 2.41. The summed E-state index contributed by atoms with van der Waals surface area (Å²) in [6.45, 7) is 3.78. The number of hydrogen-bond donors (Lipinski definition) is 3. The van der Waals surface area contributed by atoms with Crippen molar-refractivity contribution < 1.29 is 13.9 Å². The van der Waals surface area contributed by atoms with Gasteiger partial charge in [-0.05, 0) is 51.7 Å². The van der Waals surface area contributed by atoms with Crippen LogP contribution in [0, 0.1) is 12.7 Å². The molecule has 1 amide bonds. The maximum absolute atomic E-state index is 13.6. The summed E-state index contributed by atoms with van der Waals surface area (Å²) in [5.41, 5.74) is 2.29. The number of halogens is 1. The largest absolute Gasteiger partial charge is 0.368 e. The Balaban J connectivity index is 1.16. The fourth-order valence-corrected chi connectivity index (χ4v) is 5.46. The van der Waals surface area contributed by atoms with Gasteiger partial charge in [0.2, 0.25) is 0 Å². The lowest BCUT2D eigenvalue weighted by Gasteiger charge is -2.38. The average molecular weight is 571 g/mol. The summed E-state index contributed by atoms with van der Waals surface area (Å²) >= 11 is 0. The Morgan fingerprint density at radius 2 is 2.00 bits per heavy atom. The predicted molar refractivity (Wildman–Crippen MR) is 153 cm³/mol. The highest BCUT2D eigenvalue weighted by atomic mass is 19.1. The molecule has 42 heavy (non-hydrogen) atoms. The minimum absolute atomic E-state index is 0.101. The molecule has 6 rings (SSSR count). The molecule has 12 nitrogen and oxygen atoms in total. The van der Waals surface area contributed by atoms with E-state index in [1.54, 1.807) is 19.5 Å². The lowest BCUT2D eigenvalue weighted by Crippen LogP contribution is -2.51. The van der Waals surface area contributed by atoms with Crippen LogP contribution in [-0.2, 0) is 9.53 Å². The molecule has 1 saturated carbocycles. The molecule has 0 aromatic carbocycles. The first-order valence-corrected chi connectivity index (χ1v) is 13.8. The van der Waals surface area contributed by atoms with E-state index in [-0.39, 0.29) is 11.8 Å². The molecule has 0 saturated heterocycles. The molecule has 1 atom stereocenters. The molecule has 1 fully saturated rings. The topological polar surface area (TPSA) is 148 Å². The summed E-state index contributed by atoms with van der Waals surface area (Å²) in [7, 11) is 1.58. The second kappa shape index (κ2) is 11.2. The molecule has 0 aliphatic heterocycles. The number of amides is 1. The van der Waals surface area contributed by atoms with E-state index < -0.39 is 17.5 Å². The van der Waals surface area contributed by atoms with E-state index in [1.165, 1.54) is 17.1 Å². The third-order valence-corrected chi connectivity index (χ3v) is 7.80. The van der Waals surface area contributed by atoms with Gasteiger partial charge >= 0.3 is 0 Å². The van der Waals surface area contributed by atoms with Crippen LogP contribution >= 0.6 is 0 Å². The number of aromatic amines is 1. The molecule has 1 aliphatic rings. The summed E-state index contributed by atoms with van der Waals surface area (Å²) in [5.74, 6) is 1.20. The normalized spacial score (nSPS) is 19.5. The molecule has 0 unspecified atom stereocenters. The number of rotatable bonds is 8. The number of H-pyrrole nitrogens is 1. The molecule has 0 radical (unpaired) electrons. The van der Waals surface area contributed by atoms with E-state index in [9.17, 15) is 9.18 Å². The average Bonchev–Trinajstić information content (AvgIpc) is 3.64. The molecular formula is C29H31FN10O2. The summed E-state index contributed by atoms with van der Waals surface area (Å²) < 4.78 is 20.5. The van der Waals surface area contributed by atoms with Crippen LogP contribution in [0.4, 0.5) is 16.0 Å². The van der Waals surface area contributed by atoms with Crippen molar-refractivity contribution in [1.29, 1.82) is 0 Å². The molecule has 0 spiro atoms. The van der Waals surface area contributed by atoms with E-state index in [1.807, 2.05) is 38.1 Å². The van der Waals surface area contributed by atoms with Crippen LogP contribution in [-0.4, -0.2) is 58.5 Å². The van der Waals surface area contributed by atoms with E-state index in [0.29, 0.717) is 48.8 Å². The van der Waals surface area contributed by atoms with Gasteiger partial charge in [0.15, 0.2) is 17.5 Å². The van der Waals surface area contributed by atoms with Crippen LogP contribution in [0.15, 0.2) is 55.2 Å². The van der Waals surface area contributed by atoms with E-state index in [2.05, 4.69) is 40.9 Å². The minimum atomic E-state index is -0.976. The first-order valence-electron chi connectivity index (χ1n) is 13.8. The van der Waals surface area contributed by atoms with Gasteiger partial charge in [-0.15, -0.1) is 0 Å². The number of carbonyl (C=O) groups excluding carboxylic acids is 1. The quantitative estimate of drug-likeness (QED) is 0.246. The lowest BCUT2D eigenvalue weighted by molar-refractivity contribution is -0.148. The zero-order valence-electron chi connectivity index (χ0n) is 23.5. The van der Waals surface area contributed by atoms with E-state index in [0.717, 1.165) is 28.5 Å². The zero-order chi connectivity index (χ0) is 29.3. The number of aryl methyl sites for hydroxylation is 1. The Kier molecular flexibility index (Phi) is 7.33. The maximum atomic E-state index is 13.6. The number of nitrogens with zero attached hydrogens (tertiary/aromatic N) is 7. The minimum Gasteiger partial charge on any atom is -0.368 e. The molecular weight excluding hydrogens is 539 g/mol. The first kappa shape index (κ1) is 27.4. The SMILES string of the molecule is CO[C@]1(C(=O)N[C@@H](C)c2cnc(-n3cc(F)cn3)cn2)CC[C@H](c2nc(Nc3cc(C)[nH]n3)cc3cccnc32)CC1. The van der Waals surface area contributed by atoms with Crippen molar-refractivity contribution in [3.63, 3.8) is 0 Å². The van der Waals surface area contributed by atoms with Crippen molar-refractivity contribution >= 4 is 28.4 Å². The monoisotopic (exact) mass is 570 g/mol. The highest BCUT2D eigenvalue weighted by Gasteiger charge is 2.43. The van der Waals surface area contributed by atoms with Crippen molar-refractivity contribution in [3.8, 4) is 5.82 Å². The van der Waals surface area contributed by atoms with Gasteiger partial charge in [0.05, 0.1) is 47.7 Å². The summed E-state index contributed by atoms with van der Waals surface area (Å²) in [5, 5.41) is 18.4. The lowest BCUT2D eigenvalue weighted by atomic mass is 9.76. The van der Waals surface area contributed by atoms with Crippen LogP contribution in [0.2, 0.25) is 0 Å². The van der Waals surface area contributed by atoms with Crippen molar-refractivity contribution in [2.24, 2.45) is 0 Å². The second-order valence-corrected chi connectivity index (χ2v) is 10.6. The van der Waals surface area contributed by atoms with Crippen molar-refractivity contribution in [1.82, 2.24) is 45.2 Å². The number of hydrogen-bond acceptors (Lipinski definition) is 9. The van der Waals surface area contributed by atoms with Gasteiger partial charge in [-0.2, -0.15) is 10.2 Å². The molecule has 5 heterocycles. The molecule has 216 valence electrons. The second-order valence-electron chi connectivity index (χ2n) is 10.6. The smallest absolute Gasteiger partial charge is 0.252 e. The Labute approximate surface area is 241 Å². The number of nitrogens with one attached hydrogen (secondary N) is 3. The molecule has 1 aliphatic carbocycles. The van der Waals surface area contributed by atoms with Gasteiger partial charge in [-0.25, -0.2) is 19.0 Å². The van der Waals surface area contributed by atoms with Crippen molar-refractivity contribution in [3.05, 3.63) is 78.1 Å². The number of methoxy groups -OCH3 is 1. The van der Waals surface area contributed by atoms with Gasteiger partial charge in [-0.3, -0.25) is 19.9 Å². The number of carbonyl (C=O) groups is 1. The Morgan fingerprint density at radius 1 is 1.17 bits per heavy atom. The van der Waals surface area contributed by atoms with Crippen molar-refractivity contribution in [2.75, 3.05) is 12.4 Å². The third-order valence-electron chi connectivity index (χ3n) is 7.80. The van der Waals surface area contributed by atoms with E-state index in [4.69, 9.17) is 9.72 Å². The molecule has 5 aromatic rings. The van der Waals surface area contributed by atoms with Crippen LogP contribution < -0.4 is 10.6 Å². The fourth-order valence-electron chi connectivity index (χ4n) is 5.46. The van der Waals surface area contributed by atoms with Crippen molar-refractivity contribution in [2.45, 2.75) is 57.1 Å². The predicted octanol–water partition coefficient (Wildman–Crippen LogP) is 4.44. The van der Waals surface area contributed by atoms with Gasteiger partial charge in [0.1, 0.15) is 11.4 Å². The Bertz CT molecular complexity index is 1710. The number of anilines is 2. The van der Waals surface area contributed by atoms with Crippen LogP contribution in [0.3, 0.4) is 0 Å².